The van der Waals surface area contributed by atoms with E-state index in [1.807, 2.05) is 12.3 Å². The van der Waals surface area contributed by atoms with Crippen LogP contribution in [0, 0.1) is 0 Å². The van der Waals surface area contributed by atoms with Crippen molar-refractivity contribution in [3.8, 4) is 22.7 Å². The van der Waals surface area contributed by atoms with Gasteiger partial charge < -0.3 is 14.4 Å². The van der Waals surface area contributed by atoms with Crippen LogP contribution < -0.4 is 0 Å². The molecular weight excluding hydrogens is 444 g/mol. The fourth-order valence-corrected chi connectivity index (χ4v) is 4.48. The van der Waals surface area contributed by atoms with Gasteiger partial charge in [0, 0.05) is 32.1 Å². The molecule has 1 aromatic carbocycles. The molecule has 0 radical (unpaired) electrons. The van der Waals surface area contributed by atoms with E-state index in [1.54, 1.807) is 37.4 Å². The van der Waals surface area contributed by atoms with Crippen molar-refractivity contribution in [1.29, 1.82) is 0 Å². The fourth-order valence-electron chi connectivity index (χ4n) is 4.48. The lowest BCUT2D eigenvalue weighted by molar-refractivity contribution is -0.129. The number of aromatic amines is 1. The van der Waals surface area contributed by atoms with Crippen LogP contribution in [-0.4, -0.2) is 59.8 Å². The molecule has 35 heavy (non-hydrogen) atoms. The number of benzene rings is 1. The topological polar surface area (TPSA) is 119 Å². The van der Waals surface area contributed by atoms with Gasteiger partial charge in [0.15, 0.2) is 11.5 Å². The second-order valence-corrected chi connectivity index (χ2v) is 9.12. The smallest absolute Gasteiger partial charge is 0.261 e. The van der Waals surface area contributed by atoms with Crippen LogP contribution in [0.1, 0.15) is 30.7 Å². The first-order chi connectivity index (χ1) is 17.0. The molecule has 10 nitrogen and oxygen atoms in total. The van der Waals surface area contributed by atoms with Gasteiger partial charge in [-0.3, -0.25) is 9.48 Å². The number of carbonyl (C=O) groups is 1. The average Bonchev–Trinajstić information content (AvgIpc) is 3.59. The van der Waals surface area contributed by atoms with Crippen LogP contribution in [0.2, 0.25) is 0 Å². The number of hydrogen-bond acceptors (Lipinski definition) is 7. The minimum atomic E-state index is -0.270. The number of likely N-dealkylation sites (N-methyl/N-ethyl adjacent to an activating group) is 1. The van der Waals surface area contributed by atoms with E-state index in [-0.39, 0.29) is 17.9 Å². The second kappa shape index (κ2) is 8.15. The van der Waals surface area contributed by atoms with Crippen molar-refractivity contribution >= 4 is 17.1 Å². The largest absolute Gasteiger partial charge is 0.347 e. The molecule has 0 bridgehead atoms. The number of carbonyl (C=O) groups excluding carboxylic acids is 1. The maximum atomic E-state index is 12.0. The summed E-state index contributed by atoms with van der Waals surface area (Å²) in [7, 11) is 3.44. The molecule has 4 aromatic heterocycles. The van der Waals surface area contributed by atoms with E-state index in [9.17, 15) is 4.79 Å². The number of aromatic nitrogens is 7. The van der Waals surface area contributed by atoms with E-state index >= 15 is 0 Å². The van der Waals surface area contributed by atoms with Gasteiger partial charge in [-0.25, -0.2) is 9.97 Å². The highest BCUT2D eigenvalue weighted by Gasteiger charge is 2.44. The molecule has 1 aliphatic carbocycles. The first-order valence-electron chi connectivity index (χ1n) is 11.5. The van der Waals surface area contributed by atoms with Gasteiger partial charge in [0.2, 0.25) is 5.91 Å². The minimum absolute atomic E-state index is 0.0401. The number of H-pyrrole nitrogens is 1. The Hall–Kier alpha value is -4.34. The van der Waals surface area contributed by atoms with Gasteiger partial charge in [0.05, 0.1) is 29.1 Å². The van der Waals surface area contributed by atoms with E-state index in [2.05, 4.69) is 44.5 Å². The summed E-state index contributed by atoms with van der Waals surface area (Å²) in [6.07, 6.45) is 10.0. The van der Waals surface area contributed by atoms with Crippen LogP contribution in [0.15, 0.2) is 59.6 Å². The monoisotopic (exact) mass is 468 g/mol. The fraction of sp³-hybridized carbons (Fsp3) is 0.280. The molecule has 10 heteroatoms. The third-order valence-electron chi connectivity index (χ3n) is 6.73. The number of fused-ring (bicyclic) bond motifs is 1. The van der Waals surface area contributed by atoms with Gasteiger partial charge in [-0.1, -0.05) is 35.8 Å². The van der Waals surface area contributed by atoms with Gasteiger partial charge in [0.1, 0.15) is 12.1 Å². The minimum Gasteiger partial charge on any atom is -0.347 e. The Balaban J connectivity index is 1.25. The highest BCUT2D eigenvalue weighted by molar-refractivity contribution is 5.75. The van der Waals surface area contributed by atoms with Crippen LogP contribution in [0.25, 0.3) is 33.9 Å². The zero-order valence-corrected chi connectivity index (χ0v) is 19.5. The molecular formula is C25H24N8O2. The van der Waals surface area contributed by atoms with Gasteiger partial charge in [-0.2, -0.15) is 10.1 Å². The van der Waals surface area contributed by atoms with Gasteiger partial charge >= 0.3 is 0 Å². The van der Waals surface area contributed by atoms with E-state index in [0.29, 0.717) is 17.3 Å². The molecule has 0 saturated heterocycles. The summed E-state index contributed by atoms with van der Waals surface area (Å²) in [6.45, 7) is 0.158. The Morgan fingerprint density at radius 3 is 2.69 bits per heavy atom. The lowest BCUT2D eigenvalue weighted by atomic mass is 9.64. The normalized spacial score (nSPS) is 14.7. The highest BCUT2D eigenvalue weighted by atomic mass is 16.5. The molecule has 1 N–H and O–H groups in total. The summed E-state index contributed by atoms with van der Waals surface area (Å²) >= 11 is 0. The molecule has 1 amide bonds. The van der Waals surface area contributed by atoms with E-state index in [0.717, 1.165) is 47.2 Å². The van der Waals surface area contributed by atoms with Crippen LogP contribution in [0.5, 0.6) is 0 Å². The molecule has 6 rings (SSSR count). The zero-order valence-electron chi connectivity index (χ0n) is 19.5. The second-order valence-electron chi connectivity index (χ2n) is 9.12. The lowest BCUT2D eigenvalue weighted by Crippen LogP contribution is -2.36. The van der Waals surface area contributed by atoms with Gasteiger partial charge in [-0.05, 0) is 24.5 Å². The SMILES string of the molecule is CN(C)C(=O)Cn1cc(-c2nc(C3(c4ccc(-c5cnc6[nH]ccc6n5)cc4)CCC3)no2)cn1. The van der Waals surface area contributed by atoms with E-state index in [1.165, 1.54) is 4.90 Å². The van der Waals surface area contributed by atoms with Gasteiger partial charge in [0.25, 0.3) is 5.89 Å². The van der Waals surface area contributed by atoms with Gasteiger partial charge in [-0.15, -0.1) is 0 Å². The molecule has 4 heterocycles. The molecule has 1 fully saturated rings. The standard InChI is InChI=1S/C25H24N8O2/c1-32(2)21(34)15-33-14-17(12-28-33)23-30-24(31-35-23)25(9-3-10-25)18-6-4-16(5-7-18)20-13-27-22-19(29-20)8-11-26-22/h4-8,11-14H,3,9-10,15H2,1-2H3,(H,26,27). The van der Waals surface area contributed by atoms with Crippen LogP contribution in [-0.2, 0) is 16.8 Å². The summed E-state index contributed by atoms with van der Waals surface area (Å²) < 4.78 is 7.19. The van der Waals surface area contributed by atoms with Crippen molar-refractivity contribution in [2.45, 2.75) is 31.2 Å². The number of hydrogen-bond donors (Lipinski definition) is 1. The van der Waals surface area contributed by atoms with Crippen LogP contribution in [0.4, 0.5) is 0 Å². The van der Waals surface area contributed by atoms with E-state index in [4.69, 9.17) is 14.5 Å². The Kier molecular flexibility index (Phi) is 4.94. The molecule has 5 aromatic rings. The maximum Gasteiger partial charge on any atom is 0.261 e. The van der Waals surface area contributed by atoms with Crippen LogP contribution in [0.3, 0.4) is 0 Å². The van der Waals surface area contributed by atoms with Crippen molar-refractivity contribution in [3.63, 3.8) is 0 Å². The Bertz CT molecular complexity index is 1510. The van der Waals surface area contributed by atoms with Crippen molar-refractivity contribution < 1.29 is 9.32 Å². The summed E-state index contributed by atoms with van der Waals surface area (Å²) in [5, 5.41) is 8.61. The highest BCUT2D eigenvalue weighted by Crippen LogP contribution is 2.48. The molecule has 176 valence electrons. The van der Waals surface area contributed by atoms with Crippen molar-refractivity contribution in [2.75, 3.05) is 14.1 Å². The van der Waals surface area contributed by atoms with E-state index < -0.39 is 0 Å². The first-order valence-corrected chi connectivity index (χ1v) is 11.5. The Labute approximate surface area is 201 Å². The van der Waals surface area contributed by atoms with Crippen molar-refractivity contribution in [2.24, 2.45) is 0 Å². The lowest BCUT2D eigenvalue weighted by Gasteiger charge is -2.39. The number of nitrogens with one attached hydrogen (secondary N) is 1. The third-order valence-corrected chi connectivity index (χ3v) is 6.73. The molecule has 0 unspecified atom stereocenters. The summed E-state index contributed by atoms with van der Waals surface area (Å²) in [6, 6.07) is 10.3. The number of rotatable bonds is 6. The zero-order chi connectivity index (χ0) is 24.0. The Morgan fingerprint density at radius 1 is 1.11 bits per heavy atom. The first kappa shape index (κ1) is 21.2. The van der Waals surface area contributed by atoms with Crippen molar-refractivity contribution in [1.82, 2.24) is 39.8 Å². The van der Waals surface area contributed by atoms with Crippen LogP contribution >= 0.6 is 0 Å². The van der Waals surface area contributed by atoms with Crippen molar-refractivity contribution in [3.05, 3.63) is 66.5 Å². The summed E-state index contributed by atoms with van der Waals surface area (Å²) in [5.74, 6) is 1.04. The predicted octanol–water partition coefficient (Wildman–Crippen LogP) is 3.43. The molecule has 1 saturated carbocycles. The third kappa shape index (κ3) is 3.67. The quantitative estimate of drug-likeness (QED) is 0.405. The molecule has 1 aliphatic rings. The molecule has 0 aliphatic heterocycles. The molecule has 0 atom stereocenters. The molecule has 0 spiro atoms. The number of amides is 1. The summed E-state index contributed by atoms with van der Waals surface area (Å²) in [4.78, 5) is 30.4. The number of nitrogens with zero attached hydrogens (tertiary/aromatic N) is 7. The summed E-state index contributed by atoms with van der Waals surface area (Å²) in [5.41, 5.74) is 5.04. The maximum absolute atomic E-state index is 12.0. The average molecular weight is 469 g/mol. The predicted molar refractivity (Wildman–Crippen MR) is 128 cm³/mol. The Morgan fingerprint density at radius 2 is 1.94 bits per heavy atom.